The van der Waals surface area contributed by atoms with E-state index in [0.29, 0.717) is 31.0 Å². The van der Waals surface area contributed by atoms with Gasteiger partial charge in [-0.2, -0.15) is 0 Å². The minimum Gasteiger partial charge on any atom is -0.489 e. The average Bonchev–Trinajstić information content (AvgIpc) is 3.39. The van der Waals surface area contributed by atoms with Crippen LogP contribution in [0.1, 0.15) is 36.7 Å². The van der Waals surface area contributed by atoms with Crippen molar-refractivity contribution in [1.29, 1.82) is 0 Å². The molecule has 0 spiro atoms. The lowest BCUT2D eigenvalue weighted by Gasteiger charge is -2.19. The molecule has 0 fully saturated rings. The Morgan fingerprint density at radius 3 is 2.37 bits per heavy atom. The second kappa shape index (κ2) is 13.0. The minimum atomic E-state index is -0.794. The van der Waals surface area contributed by atoms with E-state index in [9.17, 15) is 14.4 Å². The van der Waals surface area contributed by atoms with Crippen molar-refractivity contribution >= 4 is 17.7 Å². The van der Waals surface area contributed by atoms with Gasteiger partial charge in [0.15, 0.2) is 0 Å². The molecule has 0 saturated heterocycles. The summed E-state index contributed by atoms with van der Waals surface area (Å²) in [4.78, 5) is 36.6. The Labute approximate surface area is 204 Å². The average molecular weight is 478 g/mol. The van der Waals surface area contributed by atoms with Crippen molar-refractivity contribution in [2.24, 2.45) is 11.7 Å². The van der Waals surface area contributed by atoms with E-state index in [1.807, 2.05) is 54.6 Å². The first-order valence-corrected chi connectivity index (χ1v) is 11.5. The first-order valence-electron chi connectivity index (χ1n) is 11.5. The minimum absolute atomic E-state index is 0.0956. The van der Waals surface area contributed by atoms with Crippen molar-refractivity contribution in [3.63, 3.8) is 0 Å². The Morgan fingerprint density at radius 2 is 1.71 bits per heavy atom. The molecule has 2 unspecified atom stereocenters. The maximum atomic E-state index is 12.9. The zero-order valence-corrected chi connectivity index (χ0v) is 19.7. The number of amides is 3. The second-order valence-electron chi connectivity index (χ2n) is 8.38. The molecular formula is C27H31N3O5. The topological polar surface area (TPSA) is 124 Å². The number of hydrogen-bond acceptors (Lipinski definition) is 5. The smallest absolute Gasteiger partial charge is 0.243 e. The maximum Gasteiger partial charge on any atom is 0.243 e. The molecule has 2 aromatic carbocycles. The summed E-state index contributed by atoms with van der Waals surface area (Å²) in [5, 5.41) is 5.58. The molecule has 184 valence electrons. The van der Waals surface area contributed by atoms with Gasteiger partial charge in [-0.1, -0.05) is 49.4 Å². The first kappa shape index (κ1) is 25.6. The summed E-state index contributed by atoms with van der Waals surface area (Å²) in [5.74, 6) is -0.212. The molecule has 1 aromatic heterocycles. The molecule has 0 radical (unpaired) electrons. The molecule has 2 atom stereocenters. The third kappa shape index (κ3) is 8.66. The Morgan fingerprint density at radius 1 is 0.971 bits per heavy atom. The van der Waals surface area contributed by atoms with E-state index >= 15 is 0 Å². The summed E-state index contributed by atoms with van der Waals surface area (Å²) < 4.78 is 11.1. The van der Waals surface area contributed by atoms with E-state index in [-0.39, 0.29) is 24.8 Å². The number of benzene rings is 2. The molecule has 3 amide bonds. The number of hydrogen-bond donors (Lipinski definition) is 3. The molecule has 0 bridgehead atoms. The lowest BCUT2D eigenvalue weighted by atomic mass is 10.0. The summed E-state index contributed by atoms with van der Waals surface area (Å²) in [5.41, 5.74) is 7.20. The van der Waals surface area contributed by atoms with Gasteiger partial charge in [-0.3, -0.25) is 14.4 Å². The van der Waals surface area contributed by atoms with Gasteiger partial charge in [0.1, 0.15) is 24.2 Å². The third-order valence-electron chi connectivity index (χ3n) is 5.57. The van der Waals surface area contributed by atoms with Gasteiger partial charge in [-0.05, 0) is 41.8 Å². The fourth-order valence-corrected chi connectivity index (χ4v) is 3.37. The van der Waals surface area contributed by atoms with Crippen LogP contribution < -0.4 is 21.1 Å². The molecule has 8 nitrogen and oxygen atoms in total. The van der Waals surface area contributed by atoms with Crippen LogP contribution in [0.25, 0.3) is 0 Å². The summed E-state index contributed by atoms with van der Waals surface area (Å²) in [6.07, 6.45) is 2.23. The standard InChI is InChI=1S/C27H31N3O5/c1-19(26(28)32)9-14-25(31)30-24(27(33)29-17-23-8-5-15-34-23)16-20-10-12-22(13-11-20)35-18-21-6-3-2-4-7-21/h2-8,10-13,15,19,24H,9,14,16-18H2,1H3,(H2,28,32)(H,29,33)(H,30,31). The first-order chi connectivity index (χ1) is 16.9. The van der Waals surface area contributed by atoms with E-state index in [2.05, 4.69) is 10.6 Å². The number of carbonyl (C=O) groups is 3. The fraction of sp³-hybridized carbons (Fsp3) is 0.296. The third-order valence-corrected chi connectivity index (χ3v) is 5.57. The summed E-state index contributed by atoms with van der Waals surface area (Å²) in [6.45, 7) is 2.34. The zero-order valence-electron chi connectivity index (χ0n) is 19.7. The fourth-order valence-electron chi connectivity index (χ4n) is 3.37. The monoisotopic (exact) mass is 477 g/mol. The van der Waals surface area contributed by atoms with Crippen LogP contribution in [0.3, 0.4) is 0 Å². The Hall–Kier alpha value is -4.07. The Kier molecular flexibility index (Phi) is 9.48. The van der Waals surface area contributed by atoms with Crippen LogP contribution >= 0.6 is 0 Å². The maximum absolute atomic E-state index is 12.9. The van der Waals surface area contributed by atoms with Gasteiger partial charge < -0.3 is 25.5 Å². The van der Waals surface area contributed by atoms with Crippen molar-refractivity contribution in [2.75, 3.05) is 0 Å². The van der Waals surface area contributed by atoms with E-state index < -0.39 is 17.9 Å². The van der Waals surface area contributed by atoms with E-state index in [4.69, 9.17) is 14.9 Å². The highest BCUT2D eigenvalue weighted by Gasteiger charge is 2.22. The molecule has 0 aliphatic heterocycles. The Balaban J connectivity index is 1.60. The molecular weight excluding hydrogens is 446 g/mol. The van der Waals surface area contributed by atoms with E-state index in [1.165, 1.54) is 6.26 Å². The van der Waals surface area contributed by atoms with Crippen LogP contribution in [0, 0.1) is 5.92 Å². The lowest BCUT2D eigenvalue weighted by Crippen LogP contribution is -2.47. The van der Waals surface area contributed by atoms with E-state index in [0.717, 1.165) is 11.1 Å². The van der Waals surface area contributed by atoms with Gasteiger partial charge in [0.25, 0.3) is 0 Å². The van der Waals surface area contributed by atoms with Crippen LogP contribution in [0.5, 0.6) is 5.75 Å². The number of ether oxygens (including phenoxy) is 1. The normalized spacial score (nSPS) is 12.4. The van der Waals surface area contributed by atoms with Gasteiger partial charge in [0.2, 0.25) is 17.7 Å². The van der Waals surface area contributed by atoms with Crippen LogP contribution in [-0.2, 0) is 34.0 Å². The molecule has 0 aliphatic rings. The molecule has 4 N–H and O–H groups in total. The summed E-state index contributed by atoms with van der Waals surface area (Å²) in [6, 6.07) is 20.0. The van der Waals surface area contributed by atoms with Crippen molar-refractivity contribution in [1.82, 2.24) is 10.6 Å². The largest absolute Gasteiger partial charge is 0.489 e. The van der Waals surface area contributed by atoms with Crippen molar-refractivity contribution in [3.8, 4) is 5.75 Å². The van der Waals surface area contributed by atoms with Gasteiger partial charge in [0, 0.05) is 18.8 Å². The van der Waals surface area contributed by atoms with Gasteiger partial charge in [-0.25, -0.2) is 0 Å². The van der Waals surface area contributed by atoms with Crippen molar-refractivity contribution < 1.29 is 23.5 Å². The molecule has 1 heterocycles. The van der Waals surface area contributed by atoms with Crippen LogP contribution in [-0.4, -0.2) is 23.8 Å². The molecule has 0 saturated carbocycles. The number of nitrogens with two attached hydrogens (primary N) is 1. The quantitative estimate of drug-likeness (QED) is 0.349. The predicted molar refractivity (Wildman–Crippen MR) is 131 cm³/mol. The number of carbonyl (C=O) groups excluding carboxylic acids is 3. The van der Waals surface area contributed by atoms with Crippen LogP contribution in [0.15, 0.2) is 77.4 Å². The number of furan rings is 1. The van der Waals surface area contributed by atoms with Crippen molar-refractivity contribution in [3.05, 3.63) is 89.9 Å². The highest BCUT2D eigenvalue weighted by Crippen LogP contribution is 2.16. The molecule has 35 heavy (non-hydrogen) atoms. The Bertz CT molecular complexity index is 1080. The lowest BCUT2D eigenvalue weighted by molar-refractivity contribution is -0.129. The number of rotatable bonds is 13. The van der Waals surface area contributed by atoms with Gasteiger partial charge in [0.05, 0.1) is 12.8 Å². The summed E-state index contributed by atoms with van der Waals surface area (Å²) in [7, 11) is 0. The molecule has 8 heteroatoms. The predicted octanol–water partition coefficient (Wildman–Crippen LogP) is 3.10. The van der Waals surface area contributed by atoms with Crippen LogP contribution in [0.4, 0.5) is 0 Å². The molecule has 3 aromatic rings. The van der Waals surface area contributed by atoms with Crippen molar-refractivity contribution in [2.45, 2.75) is 45.4 Å². The van der Waals surface area contributed by atoms with E-state index in [1.54, 1.807) is 19.1 Å². The number of primary amides is 1. The van der Waals surface area contributed by atoms with Gasteiger partial charge >= 0.3 is 0 Å². The SMILES string of the molecule is CC(CCC(=O)NC(Cc1ccc(OCc2ccccc2)cc1)C(=O)NCc1ccco1)C(N)=O. The second-order valence-corrected chi connectivity index (χ2v) is 8.38. The summed E-state index contributed by atoms with van der Waals surface area (Å²) >= 11 is 0. The number of nitrogens with one attached hydrogen (secondary N) is 2. The van der Waals surface area contributed by atoms with Crippen LogP contribution in [0.2, 0.25) is 0 Å². The van der Waals surface area contributed by atoms with Gasteiger partial charge in [-0.15, -0.1) is 0 Å². The highest BCUT2D eigenvalue weighted by molar-refractivity contribution is 5.88. The molecule has 0 aliphatic carbocycles. The highest BCUT2D eigenvalue weighted by atomic mass is 16.5. The zero-order chi connectivity index (χ0) is 25.0. The molecule has 3 rings (SSSR count).